The van der Waals surface area contributed by atoms with Crippen molar-refractivity contribution in [3.63, 3.8) is 0 Å². The van der Waals surface area contributed by atoms with Gasteiger partial charge in [0.05, 0.1) is 29.8 Å². The summed E-state index contributed by atoms with van der Waals surface area (Å²) in [6.45, 7) is 9.10. The molecule has 2 aliphatic rings. The van der Waals surface area contributed by atoms with E-state index in [4.69, 9.17) is 21.9 Å². The van der Waals surface area contributed by atoms with E-state index < -0.39 is 0 Å². The van der Waals surface area contributed by atoms with Gasteiger partial charge in [0.1, 0.15) is 0 Å². The highest BCUT2D eigenvalue weighted by molar-refractivity contribution is 7.81. The molecule has 0 amide bonds. The first-order valence-corrected chi connectivity index (χ1v) is 11.6. The molecule has 3 aromatic rings. The van der Waals surface area contributed by atoms with Crippen LogP contribution < -0.4 is 4.90 Å². The summed E-state index contributed by atoms with van der Waals surface area (Å²) in [5, 5.41) is 2.43. The number of aromatic nitrogens is 2. The summed E-state index contributed by atoms with van der Waals surface area (Å²) in [4.78, 5) is 13.3. The molecular formula is C23H27N3OS2. The van der Waals surface area contributed by atoms with Crippen LogP contribution in [0.3, 0.4) is 0 Å². The molecule has 5 rings (SSSR count). The fourth-order valence-corrected chi connectivity index (χ4v) is 6.37. The quantitative estimate of drug-likeness (QED) is 0.595. The molecule has 1 aliphatic carbocycles. The first kappa shape index (κ1) is 19.2. The number of morpholine rings is 1. The Morgan fingerprint density at radius 3 is 3.07 bits per heavy atom. The average Bonchev–Trinajstić information content (AvgIpc) is 3.26. The summed E-state index contributed by atoms with van der Waals surface area (Å²) in [5.41, 5.74) is 5.24. The van der Waals surface area contributed by atoms with E-state index in [9.17, 15) is 0 Å². The largest absolute Gasteiger partial charge is 0.377 e. The number of thiazole rings is 1. The van der Waals surface area contributed by atoms with Crippen molar-refractivity contribution >= 4 is 44.5 Å². The second-order valence-electron chi connectivity index (χ2n) is 9.20. The van der Waals surface area contributed by atoms with Gasteiger partial charge in [0, 0.05) is 28.5 Å². The molecule has 0 bridgehead atoms. The van der Waals surface area contributed by atoms with Crippen LogP contribution >= 0.6 is 23.6 Å². The zero-order valence-corrected chi connectivity index (χ0v) is 18.9. The van der Waals surface area contributed by atoms with Crippen LogP contribution in [0.1, 0.15) is 42.0 Å². The third-order valence-corrected chi connectivity index (χ3v) is 7.75. The molecule has 2 aromatic heterocycles. The Hall–Kier alpha value is -1.76. The van der Waals surface area contributed by atoms with Crippen LogP contribution in [0.2, 0.25) is 0 Å². The number of rotatable bonds is 3. The van der Waals surface area contributed by atoms with E-state index in [0.29, 0.717) is 0 Å². The number of hydrogen-bond acceptors (Lipinski definition) is 5. The van der Waals surface area contributed by atoms with Gasteiger partial charge in [-0.05, 0) is 49.3 Å². The number of thiocarbonyl (C=S) groups is 1. The molecule has 1 aliphatic heterocycles. The van der Waals surface area contributed by atoms with Crippen LogP contribution in [0.4, 0.5) is 5.13 Å². The van der Waals surface area contributed by atoms with Crippen LogP contribution in [0.25, 0.3) is 10.9 Å². The van der Waals surface area contributed by atoms with Crippen molar-refractivity contribution in [1.29, 1.82) is 0 Å². The van der Waals surface area contributed by atoms with Crippen molar-refractivity contribution < 1.29 is 4.74 Å². The van der Waals surface area contributed by atoms with Gasteiger partial charge in [-0.25, -0.2) is 4.98 Å². The summed E-state index contributed by atoms with van der Waals surface area (Å²) in [7, 11) is 0. The van der Waals surface area contributed by atoms with E-state index in [0.717, 1.165) is 49.0 Å². The van der Waals surface area contributed by atoms with E-state index in [1.54, 1.807) is 11.3 Å². The lowest BCUT2D eigenvalue weighted by Crippen LogP contribution is -2.46. The van der Waals surface area contributed by atoms with Crippen LogP contribution in [0.15, 0.2) is 24.4 Å². The lowest BCUT2D eigenvalue weighted by Gasteiger charge is -2.35. The predicted molar refractivity (Wildman–Crippen MR) is 125 cm³/mol. The minimum atomic E-state index is 0.210. The second kappa shape index (κ2) is 7.18. The fraction of sp³-hybridized carbons (Fsp3) is 0.478. The summed E-state index contributed by atoms with van der Waals surface area (Å²) >= 11 is 7.52. The molecule has 0 spiro atoms. The molecule has 152 valence electrons. The van der Waals surface area contributed by atoms with Crippen molar-refractivity contribution in [2.45, 2.75) is 46.1 Å². The Kier molecular flexibility index (Phi) is 4.76. The Balaban J connectivity index is 1.45. The highest BCUT2D eigenvalue weighted by Gasteiger charge is 2.34. The van der Waals surface area contributed by atoms with Crippen molar-refractivity contribution in [2.75, 3.05) is 24.7 Å². The number of H-pyrrole nitrogens is 1. The number of ether oxygens (including phenoxy) is 1. The topological polar surface area (TPSA) is 41.1 Å². The van der Waals surface area contributed by atoms with Gasteiger partial charge in [-0.15, -0.1) is 0 Å². The van der Waals surface area contributed by atoms with E-state index in [2.05, 4.69) is 55.1 Å². The minimum Gasteiger partial charge on any atom is -0.377 e. The summed E-state index contributed by atoms with van der Waals surface area (Å²) in [6, 6.07) is 6.89. The van der Waals surface area contributed by atoms with E-state index in [1.165, 1.54) is 32.6 Å². The lowest BCUT2D eigenvalue weighted by molar-refractivity contribution is 0.0941. The minimum absolute atomic E-state index is 0.210. The first-order valence-electron chi connectivity index (χ1n) is 10.3. The molecule has 3 heterocycles. The zero-order valence-electron chi connectivity index (χ0n) is 17.2. The normalized spacial score (nSPS) is 21.6. The molecule has 0 saturated carbocycles. The third kappa shape index (κ3) is 3.62. The number of anilines is 1. The SMILES string of the molecule is Cc1ccc2[nH]cc(CC3COCCN3c3nc4c(s3)C(=S)CC(C)(C)C4)c2c1. The maximum Gasteiger partial charge on any atom is 0.186 e. The number of nitrogens with zero attached hydrogens (tertiary/aromatic N) is 2. The molecule has 4 nitrogen and oxygen atoms in total. The van der Waals surface area contributed by atoms with Gasteiger partial charge in [0.15, 0.2) is 5.13 Å². The fourth-order valence-electron chi connectivity index (χ4n) is 4.62. The third-order valence-electron chi connectivity index (χ3n) is 6.08. The standard InChI is InChI=1S/C23H27N3OS2/c1-14-4-5-18-17(8-14)15(12-24-18)9-16-13-27-7-6-26(16)22-25-19-10-23(2,3)11-20(28)21(19)29-22/h4-5,8,12,16,24H,6-7,9-11,13H2,1-3H3. The molecule has 1 fully saturated rings. The van der Waals surface area contributed by atoms with Crippen molar-refractivity contribution in [3.05, 3.63) is 46.1 Å². The number of aryl methyl sites for hydroxylation is 1. The Bertz CT molecular complexity index is 1080. The number of nitrogens with one attached hydrogen (secondary N) is 1. The van der Waals surface area contributed by atoms with Gasteiger partial charge in [0.25, 0.3) is 0 Å². The Morgan fingerprint density at radius 2 is 2.21 bits per heavy atom. The van der Waals surface area contributed by atoms with Gasteiger partial charge >= 0.3 is 0 Å². The van der Waals surface area contributed by atoms with Crippen molar-refractivity contribution in [3.8, 4) is 0 Å². The average molecular weight is 426 g/mol. The smallest absolute Gasteiger partial charge is 0.186 e. The van der Waals surface area contributed by atoms with Gasteiger partial charge in [-0.2, -0.15) is 0 Å². The number of benzene rings is 1. The maximum absolute atomic E-state index is 5.87. The summed E-state index contributed by atoms with van der Waals surface area (Å²) in [5.74, 6) is 0. The van der Waals surface area contributed by atoms with E-state index in [-0.39, 0.29) is 11.5 Å². The van der Waals surface area contributed by atoms with Gasteiger partial charge in [-0.1, -0.05) is 49.0 Å². The maximum atomic E-state index is 5.87. The Morgan fingerprint density at radius 1 is 1.34 bits per heavy atom. The molecule has 6 heteroatoms. The molecule has 0 radical (unpaired) electrons. The number of hydrogen-bond donors (Lipinski definition) is 1. The number of aromatic amines is 1. The molecule has 1 saturated heterocycles. The lowest BCUT2D eigenvalue weighted by atomic mass is 9.78. The Labute approximate surface area is 181 Å². The van der Waals surface area contributed by atoms with Crippen molar-refractivity contribution in [2.24, 2.45) is 5.41 Å². The highest BCUT2D eigenvalue weighted by Crippen LogP contribution is 2.40. The highest BCUT2D eigenvalue weighted by atomic mass is 32.1. The second-order valence-corrected chi connectivity index (χ2v) is 10.7. The van der Waals surface area contributed by atoms with Gasteiger partial charge in [-0.3, -0.25) is 0 Å². The van der Waals surface area contributed by atoms with Gasteiger partial charge in [0.2, 0.25) is 0 Å². The van der Waals surface area contributed by atoms with Crippen LogP contribution in [-0.2, 0) is 17.6 Å². The predicted octanol–water partition coefficient (Wildman–Crippen LogP) is 5.07. The molecular weight excluding hydrogens is 398 g/mol. The molecule has 1 N–H and O–H groups in total. The van der Waals surface area contributed by atoms with Gasteiger partial charge < -0.3 is 14.6 Å². The molecule has 1 unspecified atom stereocenters. The first-order chi connectivity index (χ1) is 13.9. The van der Waals surface area contributed by atoms with Crippen LogP contribution in [0, 0.1) is 12.3 Å². The number of fused-ring (bicyclic) bond motifs is 2. The molecule has 29 heavy (non-hydrogen) atoms. The molecule has 1 aromatic carbocycles. The zero-order chi connectivity index (χ0) is 20.2. The summed E-state index contributed by atoms with van der Waals surface area (Å²) < 4.78 is 5.87. The van der Waals surface area contributed by atoms with E-state index in [1.807, 2.05) is 0 Å². The monoisotopic (exact) mass is 425 g/mol. The molecule has 1 atom stereocenters. The van der Waals surface area contributed by atoms with Crippen molar-refractivity contribution in [1.82, 2.24) is 9.97 Å². The van der Waals surface area contributed by atoms with Crippen LogP contribution in [-0.4, -0.2) is 40.6 Å². The van der Waals surface area contributed by atoms with Crippen LogP contribution in [0.5, 0.6) is 0 Å². The summed E-state index contributed by atoms with van der Waals surface area (Å²) in [6.07, 6.45) is 5.10. The van der Waals surface area contributed by atoms with E-state index >= 15 is 0 Å².